The van der Waals surface area contributed by atoms with Crippen molar-refractivity contribution in [3.05, 3.63) is 75.3 Å². The monoisotopic (exact) mass is 361 g/mol. The largest absolute Gasteiger partial charge is 0.325 e. The third-order valence-corrected chi connectivity index (χ3v) is 4.26. The number of urea groups is 1. The number of hydrogen-bond donors (Lipinski definition) is 1. The number of para-hydroxylation sites is 1. The number of rotatable bonds is 4. The Labute approximate surface area is 146 Å². The van der Waals surface area contributed by atoms with E-state index in [0.29, 0.717) is 0 Å². The summed E-state index contributed by atoms with van der Waals surface area (Å²) < 4.78 is 27.6. The maximum Gasteiger partial charge on any atom is 0.325 e. The summed E-state index contributed by atoms with van der Waals surface area (Å²) in [6.07, 6.45) is 0. The molecule has 1 N–H and O–H groups in total. The molecule has 0 radical (unpaired) electrons. The lowest BCUT2D eigenvalue weighted by Gasteiger charge is -2.22. The first kappa shape index (κ1) is 17.5. The number of nitrogens with one attached hydrogen (secondary N) is 1. The molecule has 1 fully saturated rings. The number of benzene rings is 2. The molecule has 2 aromatic carbocycles. The molecule has 0 bridgehead atoms. The summed E-state index contributed by atoms with van der Waals surface area (Å²) in [5.41, 5.74) is -2.24. The molecule has 1 aliphatic heterocycles. The van der Waals surface area contributed by atoms with Gasteiger partial charge in [-0.1, -0.05) is 18.2 Å². The minimum atomic E-state index is -1.81. The zero-order chi connectivity index (χ0) is 19.1. The van der Waals surface area contributed by atoms with Gasteiger partial charge in [-0.05, 0) is 25.1 Å². The van der Waals surface area contributed by atoms with Crippen LogP contribution in [0.5, 0.6) is 0 Å². The van der Waals surface area contributed by atoms with Gasteiger partial charge in [0.25, 0.3) is 11.6 Å². The van der Waals surface area contributed by atoms with Gasteiger partial charge in [-0.25, -0.2) is 13.6 Å². The first-order valence-corrected chi connectivity index (χ1v) is 7.56. The van der Waals surface area contributed by atoms with Gasteiger partial charge >= 0.3 is 6.03 Å². The molecule has 1 unspecified atom stereocenters. The number of carbonyl (C=O) groups excluding carboxylic acids is 2. The van der Waals surface area contributed by atoms with E-state index < -0.39 is 34.0 Å². The minimum absolute atomic E-state index is 0.143. The average molecular weight is 361 g/mol. The van der Waals surface area contributed by atoms with E-state index in [1.165, 1.54) is 31.2 Å². The lowest BCUT2D eigenvalue weighted by Crippen LogP contribution is -2.41. The maximum atomic E-state index is 14.1. The van der Waals surface area contributed by atoms with Crippen molar-refractivity contribution >= 4 is 17.6 Å². The highest BCUT2D eigenvalue weighted by Gasteiger charge is 2.50. The second-order valence-electron chi connectivity index (χ2n) is 5.96. The predicted octanol–water partition coefficient (Wildman–Crippen LogP) is 2.84. The van der Waals surface area contributed by atoms with Crippen LogP contribution in [0, 0.1) is 21.7 Å². The highest BCUT2D eigenvalue weighted by molar-refractivity contribution is 6.07. The van der Waals surface area contributed by atoms with E-state index in [2.05, 4.69) is 5.32 Å². The first-order valence-electron chi connectivity index (χ1n) is 7.56. The summed E-state index contributed by atoms with van der Waals surface area (Å²) in [6, 6.07) is 7.40. The number of nitro groups is 1. The molecule has 1 aliphatic rings. The Hall–Kier alpha value is -3.36. The minimum Gasteiger partial charge on any atom is -0.319 e. The maximum absolute atomic E-state index is 14.1. The molecular weight excluding hydrogens is 348 g/mol. The third-order valence-electron chi connectivity index (χ3n) is 4.26. The van der Waals surface area contributed by atoms with Crippen LogP contribution in [0.25, 0.3) is 0 Å². The lowest BCUT2D eigenvalue weighted by atomic mass is 9.91. The van der Waals surface area contributed by atoms with Crippen LogP contribution in [0.3, 0.4) is 0 Å². The van der Waals surface area contributed by atoms with Gasteiger partial charge in [0.1, 0.15) is 17.2 Å². The summed E-state index contributed by atoms with van der Waals surface area (Å²) in [5.74, 6) is -2.44. The fourth-order valence-corrected chi connectivity index (χ4v) is 2.90. The number of hydrogen-bond acceptors (Lipinski definition) is 4. The summed E-state index contributed by atoms with van der Waals surface area (Å²) in [6.45, 7) is 0.888. The summed E-state index contributed by atoms with van der Waals surface area (Å²) in [4.78, 5) is 36.3. The molecule has 9 heteroatoms. The van der Waals surface area contributed by atoms with Crippen LogP contribution in [-0.2, 0) is 16.9 Å². The van der Waals surface area contributed by atoms with Gasteiger partial charge in [-0.3, -0.25) is 19.8 Å². The number of nitro benzene ring substituents is 1. The summed E-state index contributed by atoms with van der Waals surface area (Å²) in [7, 11) is 0. The van der Waals surface area contributed by atoms with Crippen molar-refractivity contribution in [1.82, 2.24) is 10.2 Å². The van der Waals surface area contributed by atoms with E-state index in [-0.39, 0.29) is 23.4 Å². The molecule has 26 heavy (non-hydrogen) atoms. The van der Waals surface area contributed by atoms with Crippen LogP contribution < -0.4 is 5.32 Å². The van der Waals surface area contributed by atoms with Crippen molar-refractivity contribution in [2.24, 2.45) is 0 Å². The Morgan fingerprint density at radius 3 is 2.58 bits per heavy atom. The van der Waals surface area contributed by atoms with E-state index in [1.54, 1.807) is 0 Å². The van der Waals surface area contributed by atoms with Crippen LogP contribution in [0.15, 0.2) is 42.5 Å². The van der Waals surface area contributed by atoms with Crippen LogP contribution in [0.1, 0.15) is 18.1 Å². The molecule has 1 saturated heterocycles. The van der Waals surface area contributed by atoms with Crippen molar-refractivity contribution in [3.63, 3.8) is 0 Å². The number of carbonyl (C=O) groups is 2. The van der Waals surface area contributed by atoms with Crippen molar-refractivity contribution in [1.29, 1.82) is 0 Å². The second-order valence-corrected chi connectivity index (χ2v) is 5.96. The number of nitrogens with zero attached hydrogens (tertiary/aromatic N) is 2. The lowest BCUT2D eigenvalue weighted by molar-refractivity contribution is -0.385. The number of amides is 3. The van der Waals surface area contributed by atoms with Gasteiger partial charge in [-0.15, -0.1) is 0 Å². The van der Waals surface area contributed by atoms with E-state index >= 15 is 0 Å². The molecule has 2 aromatic rings. The van der Waals surface area contributed by atoms with E-state index in [9.17, 15) is 28.5 Å². The van der Waals surface area contributed by atoms with Crippen molar-refractivity contribution in [2.75, 3.05) is 0 Å². The van der Waals surface area contributed by atoms with E-state index in [0.717, 1.165) is 23.1 Å². The molecule has 1 heterocycles. The van der Waals surface area contributed by atoms with Crippen molar-refractivity contribution < 1.29 is 23.3 Å². The predicted molar refractivity (Wildman–Crippen MR) is 85.9 cm³/mol. The Bertz CT molecular complexity index is 934. The number of halogens is 2. The third kappa shape index (κ3) is 2.77. The molecule has 134 valence electrons. The van der Waals surface area contributed by atoms with Gasteiger partial charge in [0.15, 0.2) is 0 Å². The molecular formula is C17H13F2N3O4. The van der Waals surface area contributed by atoms with E-state index in [1.807, 2.05) is 0 Å². The molecule has 1 atom stereocenters. The molecule has 3 rings (SSSR count). The SMILES string of the molecule is CC1(c2cc(F)ccc2F)NC(=O)N(Cc2ccccc2[N+](=O)[O-])C1=O. The summed E-state index contributed by atoms with van der Waals surface area (Å²) in [5, 5.41) is 13.4. The van der Waals surface area contributed by atoms with Crippen LogP contribution in [0.2, 0.25) is 0 Å². The van der Waals surface area contributed by atoms with Crippen LogP contribution >= 0.6 is 0 Å². The second kappa shape index (κ2) is 6.17. The molecule has 0 saturated carbocycles. The van der Waals surface area contributed by atoms with Crippen LogP contribution in [-0.4, -0.2) is 21.8 Å². The normalized spacial score (nSPS) is 19.6. The fourth-order valence-electron chi connectivity index (χ4n) is 2.90. The topological polar surface area (TPSA) is 92.6 Å². The molecule has 0 aromatic heterocycles. The zero-order valence-corrected chi connectivity index (χ0v) is 13.5. The molecule has 0 spiro atoms. The molecule has 3 amide bonds. The molecule has 7 nitrogen and oxygen atoms in total. The van der Waals surface area contributed by atoms with Crippen molar-refractivity contribution in [2.45, 2.75) is 19.0 Å². The molecule has 0 aliphatic carbocycles. The summed E-state index contributed by atoms with van der Waals surface area (Å²) >= 11 is 0. The quantitative estimate of drug-likeness (QED) is 0.515. The number of imide groups is 1. The zero-order valence-electron chi connectivity index (χ0n) is 13.5. The Morgan fingerprint density at radius 2 is 1.88 bits per heavy atom. The van der Waals surface area contributed by atoms with Crippen LogP contribution in [0.4, 0.5) is 19.3 Å². The van der Waals surface area contributed by atoms with Crippen molar-refractivity contribution in [3.8, 4) is 0 Å². The van der Waals surface area contributed by atoms with E-state index in [4.69, 9.17) is 0 Å². The van der Waals surface area contributed by atoms with Gasteiger partial charge in [-0.2, -0.15) is 0 Å². The average Bonchev–Trinajstić information content (AvgIpc) is 2.81. The highest BCUT2D eigenvalue weighted by atomic mass is 19.1. The van der Waals surface area contributed by atoms with Gasteiger partial charge in [0.2, 0.25) is 0 Å². The first-order chi connectivity index (χ1) is 12.2. The Kier molecular flexibility index (Phi) is 4.15. The standard InChI is InChI=1S/C17H13F2N3O4/c1-17(12-8-11(18)6-7-13(12)19)15(23)21(16(24)20-17)9-10-4-2-3-5-14(10)22(25)26/h2-8H,9H2,1H3,(H,20,24). The van der Waals surface area contributed by atoms with Gasteiger partial charge < -0.3 is 5.32 Å². The fraction of sp³-hybridized carbons (Fsp3) is 0.176. The van der Waals surface area contributed by atoms with Gasteiger partial charge in [0, 0.05) is 17.2 Å². The Morgan fingerprint density at radius 1 is 1.19 bits per heavy atom. The smallest absolute Gasteiger partial charge is 0.319 e. The Balaban J connectivity index is 1.97. The highest BCUT2D eigenvalue weighted by Crippen LogP contribution is 2.32. The van der Waals surface area contributed by atoms with Gasteiger partial charge in [0.05, 0.1) is 11.5 Å².